The number of carbonyl (C=O) groups is 1. The summed E-state index contributed by atoms with van der Waals surface area (Å²) in [7, 11) is 0. The van der Waals surface area contributed by atoms with Gasteiger partial charge in [-0.05, 0) is 54.4 Å². The highest BCUT2D eigenvalue weighted by molar-refractivity contribution is 7.07. The molecule has 112 valence electrons. The molecule has 6 heteroatoms. The number of rotatable bonds is 4. The van der Waals surface area contributed by atoms with Gasteiger partial charge >= 0.3 is 0 Å². The number of benzene rings is 1. The van der Waals surface area contributed by atoms with Gasteiger partial charge in [0.15, 0.2) is 0 Å². The van der Waals surface area contributed by atoms with Crippen molar-refractivity contribution < 1.29 is 4.79 Å². The third-order valence-corrected chi connectivity index (χ3v) is 4.88. The van der Waals surface area contributed by atoms with E-state index in [-0.39, 0.29) is 5.91 Å². The predicted molar refractivity (Wildman–Crippen MR) is 85.8 cm³/mol. The van der Waals surface area contributed by atoms with Gasteiger partial charge in [0.05, 0.1) is 5.69 Å². The van der Waals surface area contributed by atoms with Gasteiger partial charge in [-0.3, -0.25) is 4.79 Å². The summed E-state index contributed by atoms with van der Waals surface area (Å²) in [6.07, 6.45) is 4.11. The average Bonchev–Trinajstić information content (AvgIpc) is 3.09. The zero-order chi connectivity index (χ0) is 15.1. The van der Waals surface area contributed by atoms with Crippen molar-refractivity contribution in [1.29, 1.82) is 0 Å². The number of carbonyl (C=O) groups excluding carboxylic acids is 1. The summed E-state index contributed by atoms with van der Waals surface area (Å²) in [4.78, 5) is 18.6. The zero-order valence-electron chi connectivity index (χ0n) is 12.2. The maximum Gasteiger partial charge on any atom is 0.268 e. The van der Waals surface area contributed by atoms with Crippen molar-refractivity contribution >= 4 is 28.3 Å². The van der Waals surface area contributed by atoms with Crippen molar-refractivity contribution in [2.24, 2.45) is 0 Å². The van der Waals surface area contributed by atoms with Crippen molar-refractivity contribution in [3.05, 3.63) is 46.6 Å². The van der Waals surface area contributed by atoms with E-state index in [0.29, 0.717) is 17.5 Å². The van der Waals surface area contributed by atoms with Crippen LogP contribution in [0.2, 0.25) is 0 Å². The third-order valence-electron chi connectivity index (χ3n) is 4.07. The van der Waals surface area contributed by atoms with Crippen LogP contribution in [0.5, 0.6) is 0 Å². The molecule has 3 aromatic rings. The first kappa shape index (κ1) is 13.5. The van der Waals surface area contributed by atoms with E-state index < -0.39 is 0 Å². The summed E-state index contributed by atoms with van der Waals surface area (Å²) >= 11 is 1.19. The Morgan fingerprint density at radius 2 is 2.27 bits per heavy atom. The van der Waals surface area contributed by atoms with E-state index in [2.05, 4.69) is 38.8 Å². The Kier molecular flexibility index (Phi) is 3.18. The van der Waals surface area contributed by atoms with E-state index in [0.717, 1.165) is 29.6 Å². The summed E-state index contributed by atoms with van der Waals surface area (Å²) in [5.74, 6) is 0.0570. The number of fused-ring (bicyclic) bond motifs is 1. The van der Waals surface area contributed by atoms with Crippen molar-refractivity contribution in [1.82, 2.24) is 19.5 Å². The summed E-state index contributed by atoms with van der Waals surface area (Å²) < 4.78 is 3.89. The molecule has 1 amide bonds. The second kappa shape index (κ2) is 5.21. The molecular weight excluding hydrogens is 296 g/mol. The van der Waals surface area contributed by atoms with Gasteiger partial charge < -0.3 is 9.88 Å². The van der Waals surface area contributed by atoms with Crippen LogP contribution in [-0.4, -0.2) is 31.4 Å². The largest absolute Gasteiger partial charge is 0.361 e. The van der Waals surface area contributed by atoms with E-state index in [4.69, 9.17) is 0 Å². The van der Waals surface area contributed by atoms with Crippen molar-refractivity contribution in [2.75, 3.05) is 0 Å². The summed E-state index contributed by atoms with van der Waals surface area (Å²) in [6.45, 7) is 2.47. The summed E-state index contributed by atoms with van der Waals surface area (Å²) in [5, 5.41) is 5.15. The van der Waals surface area contributed by atoms with Crippen LogP contribution in [-0.2, 0) is 6.54 Å². The molecule has 1 fully saturated rings. The molecule has 2 aromatic heterocycles. The lowest BCUT2D eigenvalue weighted by molar-refractivity contribution is 0.0734. The quantitative estimate of drug-likeness (QED) is 0.805. The van der Waals surface area contributed by atoms with Crippen molar-refractivity contribution in [2.45, 2.75) is 32.4 Å². The lowest BCUT2D eigenvalue weighted by atomic mass is 10.1. The molecule has 0 saturated heterocycles. The lowest BCUT2D eigenvalue weighted by Crippen LogP contribution is -2.32. The molecule has 0 radical (unpaired) electrons. The molecule has 1 aliphatic rings. The maximum atomic E-state index is 12.8. The van der Waals surface area contributed by atoms with Crippen LogP contribution >= 0.6 is 11.5 Å². The molecule has 22 heavy (non-hydrogen) atoms. The number of hydrogen-bond donors (Lipinski definition) is 1. The number of aromatic nitrogens is 3. The smallest absolute Gasteiger partial charge is 0.268 e. The second-order valence-electron chi connectivity index (χ2n) is 5.75. The minimum absolute atomic E-state index is 0.0570. The van der Waals surface area contributed by atoms with Gasteiger partial charge in [-0.25, -0.2) is 0 Å². The van der Waals surface area contributed by atoms with E-state index in [1.807, 2.05) is 18.0 Å². The molecule has 1 N–H and O–H groups in total. The van der Waals surface area contributed by atoms with Gasteiger partial charge in [-0.15, -0.1) is 5.10 Å². The molecule has 5 nitrogen and oxygen atoms in total. The third kappa shape index (κ3) is 2.39. The van der Waals surface area contributed by atoms with Gasteiger partial charge in [0, 0.05) is 24.3 Å². The molecule has 2 heterocycles. The summed E-state index contributed by atoms with van der Waals surface area (Å²) in [5.41, 5.74) is 2.97. The highest BCUT2D eigenvalue weighted by Crippen LogP contribution is 2.31. The number of hydrogen-bond acceptors (Lipinski definition) is 4. The molecule has 0 bridgehead atoms. The number of aromatic amines is 1. The molecule has 1 aliphatic carbocycles. The van der Waals surface area contributed by atoms with Gasteiger partial charge in [0.2, 0.25) is 0 Å². The number of aryl methyl sites for hydroxylation is 1. The number of nitrogens with zero attached hydrogens (tertiary/aromatic N) is 3. The maximum absolute atomic E-state index is 12.8. The molecule has 1 aromatic carbocycles. The Morgan fingerprint density at radius 3 is 3.00 bits per heavy atom. The minimum atomic E-state index is 0.0570. The molecule has 0 unspecified atom stereocenters. The molecular formula is C16H16N4OS. The van der Waals surface area contributed by atoms with Gasteiger partial charge in [0.25, 0.3) is 5.91 Å². The zero-order valence-corrected chi connectivity index (χ0v) is 13.1. The normalized spacial score (nSPS) is 14.4. The van der Waals surface area contributed by atoms with Crippen molar-refractivity contribution in [3.8, 4) is 0 Å². The SMILES string of the molecule is Cc1nnsc1C(=O)N(Cc1ccc2cc[nH]c2c1)C1CC1. The fourth-order valence-corrected chi connectivity index (χ4v) is 3.31. The van der Waals surface area contributed by atoms with Gasteiger partial charge in [-0.2, -0.15) is 0 Å². The lowest BCUT2D eigenvalue weighted by Gasteiger charge is -2.22. The van der Waals surface area contributed by atoms with Crippen LogP contribution < -0.4 is 0 Å². The highest BCUT2D eigenvalue weighted by Gasteiger charge is 2.34. The topological polar surface area (TPSA) is 61.9 Å². The highest BCUT2D eigenvalue weighted by atomic mass is 32.1. The first-order valence-electron chi connectivity index (χ1n) is 7.38. The van der Waals surface area contributed by atoms with Crippen molar-refractivity contribution in [3.63, 3.8) is 0 Å². The van der Waals surface area contributed by atoms with E-state index in [1.54, 1.807) is 0 Å². The first-order valence-corrected chi connectivity index (χ1v) is 8.15. The molecule has 0 spiro atoms. The van der Waals surface area contributed by atoms with Crippen LogP contribution in [0.4, 0.5) is 0 Å². The average molecular weight is 312 g/mol. The standard InChI is InChI=1S/C16H16N4OS/c1-10-15(22-19-18-10)16(21)20(13-4-5-13)9-11-2-3-12-6-7-17-14(12)8-11/h2-3,6-8,13,17H,4-5,9H2,1H3. The van der Waals surface area contributed by atoms with E-state index in [9.17, 15) is 4.79 Å². The molecule has 4 rings (SSSR count). The second-order valence-corrected chi connectivity index (χ2v) is 6.51. The van der Waals surface area contributed by atoms with Crippen LogP contribution in [0, 0.1) is 6.92 Å². The van der Waals surface area contributed by atoms with Crippen LogP contribution in [0.15, 0.2) is 30.5 Å². The van der Waals surface area contributed by atoms with E-state index in [1.165, 1.54) is 16.9 Å². The Balaban J connectivity index is 1.62. The van der Waals surface area contributed by atoms with Gasteiger partial charge in [-0.1, -0.05) is 16.6 Å². The minimum Gasteiger partial charge on any atom is -0.361 e. The van der Waals surface area contributed by atoms with Crippen LogP contribution in [0.25, 0.3) is 10.9 Å². The molecule has 0 aliphatic heterocycles. The number of amides is 1. The first-order chi connectivity index (χ1) is 10.7. The Bertz CT molecular complexity index is 833. The molecule has 1 saturated carbocycles. The fraction of sp³-hybridized carbons (Fsp3) is 0.312. The predicted octanol–water partition coefficient (Wildman–Crippen LogP) is 3.13. The summed E-state index contributed by atoms with van der Waals surface area (Å²) in [6, 6.07) is 8.71. The Hall–Kier alpha value is -2.21. The fourth-order valence-electron chi connectivity index (χ4n) is 2.70. The van der Waals surface area contributed by atoms with Gasteiger partial charge in [0.1, 0.15) is 4.88 Å². The Labute approximate surface area is 132 Å². The number of H-pyrrole nitrogens is 1. The monoisotopic (exact) mass is 312 g/mol. The van der Waals surface area contributed by atoms with Crippen LogP contribution in [0.3, 0.4) is 0 Å². The number of nitrogens with one attached hydrogen (secondary N) is 1. The molecule has 0 atom stereocenters. The Morgan fingerprint density at radius 1 is 1.41 bits per heavy atom. The van der Waals surface area contributed by atoms with E-state index >= 15 is 0 Å². The van der Waals surface area contributed by atoms with Crippen LogP contribution in [0.1, 0.15) is 33.8 Å².